The van der Waals surface area contributed by atoms with Gasteiger partial charge in [-0.25, -0.2) is 0 Å². The second kappa shape index (κ2) is 5.95. The average molecular weight is 278 g/mol. The van der Waals surface area contributed by atoms with Gasteiger partial charge in [-0.15, -0.1) is 0 Å². The Balaban J connectivity index is 2.52. The Morgan fingerprint density at radius 3 is 2.58 bits per heavy atom. The summed E-state index contributed by atoms with van der Waals surface area (Å²) in [5.41, 5.74) is 2.46. The van der Waals surface area contributed by atoms with Crippen molar-refractivity contribution in [3.05, 3.63) is 53.1 Å². The van der Waals surface area contributed by atoms with Crippen LogP contribution in [0.15, 0.2) is 42.5 Å². The van der Waals surface area contributed by atoms with Gasteiger partial charge in [0.1, 0.15) is 5.75 Å². The maximum atomic E-state index is 9.45. The van der Waals surface area contributed by atoms with Crippen molar-refractivity contribution in [2.24, 2.45) is 0 Å². The maximum absolute atomic E-state index is 9.45. The highest BCUT2D eigenvalue weighted by Gasteiger charge is 2.15. The molecule has 19 heavy (non-hydrogen) atoms. The summed E-state index contributed by atoms with van der Waals surface area (Å²) < 4.78 is 5.35. The van der Waals surface area contributed by atoms with E-state index < -0.39 is 0 Å². The molecule has 0 saturated heterocycles. The molecule has 0 saturated carbocycles. The Hall–Kier alpha value is -1.71. The second-order valence-corrected chi connectivity index (χ2v) is 4.54. The number of aliphatic hydroxyl groups excluding tert-OH is 1. The molecular weight excluding hydrogens is 262 g/mol. The molecule has 4 heteroatoms. The lowest BCUT2D eigenvalue weighted by Crippen LogP contribution is -2.13. The van der Waals surface area contributed by atoms with Crippen molar-refractivity contribution in [3.63, 3.8) is 0 Å². The molecule has 0 fully saturated rings. The predicted octanol–water partition coefficient (Wildman–Crippen LogP) is 3.61. The number of hydrogen-bond donors (Lipinski definition) is 1. The lowest BCUT2D eigenvalue weighted by atomic mass is 10.1. The fourth-order valence-electron chi connectivity index (χ4n) is 2.09. The van der Waals surface area contributed by atoms with Crippen LogP contribution < -0.4 is 9.64 Å². The van der Waals surface area contributed by atoms with Crippen molar-refractivity contribution < 1.29 is 9.84 Å². The van der Waals surface area contributed by atoms with E-state index in [1.807, 2.05) is 54.4 Å². The molecule has 0 aromatic heterocycles. The molecule has 0 aliphatic rings. The molecule has 1 N–H and O–H groups in total. The van der Waals surface area contributed by atoms with Gasteiger partial charge in [-0.1, -0.05) is 35.9 Å². The number of rotatable bonds is 4. The molecule has 0 bridgehead atoms. The molecule has 3 nitrogen and oxygen atoms in total. The van der Waals surface area contributed by atoms with E-state index in [1.165, 1.54) is 0 Å². The minimum atomic E-state index is -0.0601. The van der Waals surface area contributed by atoms with Crippen LogP contribution >= 0.6 is 11.6 Å². The van der Waals surface area contributed by atoms with Gasteiger partial charge in [-0.2, -0.15) is 0 Å². The van der Waals surface area contributed by atoms with Crippen LogP contribution in [0.4, 0.5) is 11.4 Å². The third-order valence-corrected chi connectivity index (χ3v) is 3.33. The number of nitrogens with zero attached hydrogens (tertiary/aromatic N) is 1. The van der Waals surface area contributed by atoms with Crippen molar-refractivity contribution >= 4 is 23.0 Å². The molecule has 0 radical (unpaired) electrons. The molecule has 2 rings (SSSR count). The van der Waals surface area contributed by atoms with Gasteiger partial charge in [0.15, 0.2) is 0 Å². The van der Waals surface area contributed by atoms with Gasteiger partial charge in [0.05, 0.1) is 30.1 Å². The first-order chi connectivity index (χ1) is 9.19. The number of anilines is 2. The molecule has 0 aliphatic heterocycles. The van der Waals surface area contributed by atoms with Crippen LogP contribution in [0.25, 0.3) is 0 Å². The number of aliphatic hydroxyl groups is 1. The second-order valence-electron chi connectivity index (χ2n) is 4.14. The van der Waals surface area contributed by atoms with Crippen LogP contribution in [0.3, 0.4) is 0 Å². The van der Waals surface area contributed by atoms with Crippen LogP contribution in [0.1, 0.15) is 5.56 Å². The molecular formula is C15H16ClNO2. The van der Waals surface area contributed by atoms with Crippen molar-refractivity contribution in [1.82, 2.24) is 0 Å². The van der Waals surface area contributed by atoms with E-state index in [0.29, 0.717) is 5.02 Å². The van der Waals surface area contributed by atoms with Crippen LogP contribution in [0.2, 0.25) is 5.02 Å². The molecule has 0 unspecified atom stereocenters. The molecule has 0 amide bonds. The van der Waals surface area contributed by atoms with E-state index in [9.17, 15) is 5.11 Å². The Labute approximate surface area is 118 Å². The first kappa shape index (κ1) is 13.7. The van der Waals surface area contributed by atoms with Crippen LogP contribution in [0, 0.1) is 0 Å². The third kappa shape index (κ3) is 2.67. The van der Waals surface area contributed by atoms with E-state index in [0.717, 1.165) is 22.7 Å². The Morgan fingerprint density at radius 1 is 1.16 bits per heavy atom. The lowest BCUT2D eigenvalue weighted by Gasteiger charge is -2.25. The standard InChI is InChI=1S/C15H16ClNO2/c1-17(13-8-3-4-9-14(13)19-2)15-11(10-18)6-5-7-12(15)16/h3-9,18H,10H2,1-2H3. The molecule has 0 heterocycles. The van der Waals surface area contributed by atoms with Crippen molar-refractivity contribution in [3.8, 4) is 5.75 Å². The first-order valence-corrected chi connectivity index (χ1v) is 6.31. The number of ether oxygens (including phenoxy) is 1. The monoisotopic (exact) mass is 277 g/mol. The van der Waals surface area contributed by atoms with Crippen LogP contribution in [-0.4, -0.2) is 19.3 Å². The predicted molar refractivity (Wildman–Crippen MR) is 78.4 cm³/mol. The van der Waals surface area contributed by atoms with Crippen molar-refractivity contribution in [1.29, 1.82) is 0 Å². The van der Waals surface area contributed by atoms with Gasteiger partial charge in [-0.3, -0.25) is 0 Å². The Kier molecular flexibility index (Phi) is 4.30. The Bertz CT molecular complexity index is 572. The summed E-state index contributed by atoms with van der Waals surface area (Å²) in [6.45, 7) is -0.0601. The van der Waals surface area contributed by atoms with E-state index in [1.54, 1.807) is 7.11 Å². The highest BCUT2D eigenvalue weighted by atomic mass is 35.5. The highest BCUT2D eigenvalue weighted by molar-refractivity contribution is 6.33. The molecule has 2 aromatic carbocycles. The summed E-state index contributed by atoms with van der Waals surface area (Å²) in [7, 11) is 3.53. The summed E-state index contributed by atoms with van der Waals surface area (Å²) in [5, 5.41) is 10.0. The number of methoxy groups -OCH3 is 1. The summed E-state index contributed by atoms with van der Waals surface area (Å²) in [5.74, 6) is 0.758. The smallest absolute Gasteiger partial charge is 0.142 e. The molecule has 100 valence electrons. The fraction of sp³-hybridized carbons (Fsp3) is 0.200. The largest absolute Gasteiger partial charge is 0.495 e. The van der Waals surface area contributed by atoms with Crippen molar-refractivity contribution in [2.45, 2.75) is 6.61 Å². The van der Waals surface area contributed by atoms with Gasteiger partial charge in [0.25, 0.3) is 0 Å². The zero-order valence-corrected chi connectivity index (χ0v) is 11.7. The minimum Gasteiger partial charge on any atom is -0.495 e. The van der Waals surface area contributed by atoms with Gasteiger partial charge in [0.2, 0.25) is 0 Å². The minimum absolute atomic E-state index is 0.0601. The number of hydrogen-bond acceptors (Lipinski definition) is 3. The third-order valence-electron chi connectivity index (χ3n) is 3.02. The zero-order valence-electron chi connectivity index (χ0n) is 10.9. The summed E-state index contributed by atoms with van der Waals surface area (Å²) in [6, 6.07) is 13.2. The number of benzene rings is 2. The van der Waals surface area contributed by atoms with Gasteiger partial charge < -0.3 is 14.7 Å². The summed E-state index contributed by atoms with van der Waals surface area (Å²) >= 11 is 6.25. The Morgan fingerprint density at radius 2 is 1.89 bits per heavy atom. The highest BCUT2D eigenvalue weighted by Crippen LogP contribution is 2.37. The molecule has 0 aliphatic carbocycles. The summed E-state index contributed by atoms with van der Waals surface area (Å²) in [4.78, 5) is 1.92. The molecule has 0 spiro atoms. The van der Waals surface area contributed by atoms with Crippen LogP contribution in [0.5, 0.6) is 5.75 Å². The quantitative estimate of drug-likeness (QED) is 0.927. The lowest BCUT2D eigenvalue weighted by molar-refractivity contribution is 0.282. The summed E-state index contributed by atoms with van der Waals surface area (Å²) in [6.07, 6.45) is 0. The van der Waals surface area contributed by atoms with Crippen LogP contribution in [-0.2, 0) is 6.61 Å². The SMILES string of the molecule is COc1ccccc1N(C)c1c(Cl)cccc1CO. The van der Waals surface area contributed by atoms with Gasteiger partial charge in [0, 0.05) is 12.6 Å². The van der Waals surface area contributed by atoms with E-state index >= 15 is 0 Å². The van der Waals surface area contributed by atoms with Gasteiger partial charge in [-0.05, 0) is 18.2 Å². The maximum Gasteiger partial charge on any atom is 0.142 e. The number of para-hydroxylation sites is 3. The average Bonchev–Trinajstić information content (AvgIpc) is 2.46. The van der Waals surface area contributed by atoms with Gasteiger partial charge >= 0.3 is 0 Å². The van der Waals surface area contributed by atoms with E-state index in [-0.39, 0.29) is 6.61 Å². The fourth-order valence-corrected chi connectivity index (χ4v) is 2.41. The molecule has 0 atom stereocenters. The normalized spacial score (nSPS) is 10.3. The zero-order chi connectivity index (χ0) is 13.8. The van der Waals surface area contributed by atoms with Crippen molar-refractivity contribution in [2.75, 3.05) is 19.1 Å². The number of halogens is 1. The van der Waals surface area contributed by atoms with E-state index in [2.05, 4.69) is 0 Å². The van der Waals surface area contributed by atoms with E-state index in [4.69, 9.17) is 16.3 Å². The first-order valence-electron chi connectivity index (χ1n) is 5.94. The molecule has 2 aromatic rings. The topological polar surface area (TPSA) is 32.7 Å².